The van der Waals surface area contributed by atoms with Gasteiger partial charge in [0.15, 0.2) is 0 Å². The molecule has 3 N–H and O–H groups in total. The lowest BCUT2D eigenvalue weighted by atomic mass is 10.2. The molecule has 0 bridgehead atoms. The number of halogens is 2. The first-order valence-electron chi connectivity index (χ1n) is 5.50. The van der Waals surface area contributed by atoms with Crippen molar-refractivity contribution in [1.29, 1.82) is 0 Å². The minimum atomic E-state index is -0.351. The summed E-state index contributed by atoms with van der Waals surface area (Å²) >= 11 is 3.22. The van der Waals surface area contributed by atoms with Gasteiger partial charge in [-0.3, -0.25) is 4.79 Å². The van der Waals surface area contributed by atoms with Crippen molar-refractivity contribution in [3.05, 3.63) is 57.9 Å². The summed E-state index contributed by atoms with van der Waals surface area (Å²) < 4.78 is 13.6. The summed E-state index contributed by atoms with van der Waals surface area (Å²) in [6.45, 7) is 0.225. The van der Waals surface area contributed by atoms with Gasteiger partial charge < -0.3 is 11.1 Å². The third kappa shape index (κ3) is 3.51. The Morgan fingerprint density at radius 1 is 1.42 bits per heavy atom. The Kier molecular flexibility index (Phi) is 4.11. The van der Waals surface area contributed by atoms with Crippen molar-refractivity contribution in [3.8, 4) is 0 Å². The van der Waals surface area contributed by atoms with Crippen LogP contribution in [0.15, 0.2) is 41.0 Å². The highest BCUT2D eigenvalue weighted by molar-refractivity contribution is 9.10. The van der Waals surface area contributed by atoms with Crippen LogP contribution in [-0.4, -0.2) is 10.9 Å². The quantitative estimate of drug-likeness (QED) is 0.911. The van der Waals surface area contributed by atoms with Crippen molar-refractivity contribution in [1.82, 2.24) is 10.3 Å². The zero-order chi connectivity index (χ0) is 13.8. The van der Waals surface area contributed by atoms with E-state index in [-0.39, 0.29) is 29.7 Å². The molecule has 4 nitrogen and oxygen atoms in total. The number of hydrogen-bond donors (Lipinski definition) is 2. The Balaban J connectivity index is 2.07. The number of nitrogens with one attached hydrogen (secondary N) is 1. The fourth-order valence-electron chi connectivity index (χ4n) is 1.56. The standard InChI is InChI=1S/C13H11BrFN3O/c14-9-5-11(12(16)17-7-9)13(19)18-6-8-2-1-3-10(15)4-8/h1-5,7H,6H2,(H2,16,17)(H,18,19). The van der Waals surface area contributed by atoms with E-state index in [1.54, 1.807) is 18.2 Å². The minimum Gasteiger partial charge on any atom is -0.383 e. The molecule has 0 unspecified atom stereocenters. The lowest BCUT2D eigenvalue weighted by Crippen LogP contribution is -2.24. The number of nitrogens with zero attached hydrogens (tertiary/aromatic N) is 1. The predicted molar refractivity (Wildman–Crippen MR) is 73.9 cm³/mol. The summed E-state index contributed by atoms with van der Waals surface area (Å²) in [6, 6.07) is 7.62. The number of hydrogen-bond acceptors (Lipinski definition) is 3. The summed E-state index contributed by atoms with van der Waals surface area (Å²) in [4.78, 5) is 15.8. The minimum absolute atomic E-state index is 0.153. The zero-order valence-corrected chi connectivity index (χ0v) is 11.4. The van der Waals surface area contributed by atoms with Crippen LogP contribution in [0.4, 0.5) is 10.2 Å². The number of rotatable bonds is 3. The number of benzene rings is 1. The molecule has 1 aromatic heterocycles. The van der Waals surface area contributed by atoms with Gasteiger partial charge in [-0.25, -0.2) is 9.37 Å². The molecule has 6 heteroatoms. The van der Waals surface area contributed by atoms with Crippen LogP contribution in [0.5, 0.6) is 0 Å². The Labute approximate surface area is 118 Å². The van der Waals surface area contributed by atoms with Crippen LogP contribution in [0.3, 0.4) is 0 Å². The maximum absolute atomic E-state index is 13.0. The Morgan fingerprint density at radius 3 is 2.95 bits per heavy atom. The highest BCUT2D eigenvalue weighted by Gasteiger charge is 2.11. The Morgan fingerprint density at radius 2 is 2.21 bits per heavy atom. The second-order valence-corrected chi connectivity index (χ2v) is 4.81. The largest absolute Gasteiger partial charge is 0.383 e. The lowest BCUT2D eigenvalue weighted by molar-refractivity contribution is 0.0951. The predicted octanol–water partition coefficient (Wildman–Crippen LogP) is 2.50. The summed E-state index contributed by atoms with van der Waals surface area (Å²) in [5.74, 6) is -0.536. The number of carbonyl (C=O) groups is 1. The molecule has 0 aliphatic carbocycles. The van der Waals surface area contributed by atoms with E-state index in [0.29, 0.717) is 10.0 Å². The SMILES string of the molecule is Nc1ncc(Br)cc1C(=O)NCc1cccc(F)c1. The van der Waals surface area contributed by atoms with Gasteiger partial charge >= 0.3 is 0 Å². The monoisotopic (exact) mass is 323 g/mol. The van der Waals surface area contributed by atoms with Gasteiger partial charge in [-0.15, -0.1) is 0 Å². The first-order valence-corrected chi connectivity index (χ1v) is 6.29. The molecule has 98 valence electrons. The Hall–Kier alpha value is -1.95. The third-order valence-corrected chi connectivity index (χ3v) is 2.91. The molecule has 0 aliphatic heterocycles. The fourth-order valence-corrected chi connectivity index (χ4v) is 1.89. The van der Waals surface area contributed by atoms with Crippen molar-refractivity contribution < 1.29 is 9.18 Å². The molecule has 0 spiro atoms. The molecule has 1 aromatic carbocycles. The topological polar surface area (TPSA) is 68.0 Å². The molecule has 0 saturated heterocycles. The van der Waals surface area contributed by atoms with Gasteiger partial charge in [0.25, 0.3) is 5.91 Å². The van der Waals surface area contributed by atoms with Crippen molar-refractivity contribution in [2.45, 2.75) is 6.54 Å². The van der Waals surface area contributed by atoms with Crippen molar-refractivity contribution in [2.24, 2.45) is 0 Å². The molecule has 0 saturated carbocycles. The van der Waals surface area contributed by atoms with Gasteiger partial charge in [-0.1, -0.05) is 12.1 Å². The maximum atomic E-state index is 13.0. The number of aromatic nitrogens is 1. The Bertz CT molecular complexity index is 619. The van der Waals surface area contributed by atoms with E-state index in [1.165, 1.54) is 18.3 Å². The number of nitrogen functional groups attached to an aromatic ring is 1. The van der Waals surface area contributed by atoms with E-state index in [9.17, 15) is 9.18 Å². The lowest BCUT2D eigenvalue weighted by Gasteiger charge is -2.07. The molecular formula is C13H11BrFN3O. The summed E-state index contributed by atoms with van der Waals surface area (Å²) in [7, 11) is 0. The molecule has 0 aliphatic rings. The smallest absolute Gasteiger partial charge is 0.255 e. The first-order chi connectivity index (χ1) is 9.06. The van der Waals surface area contributed by atoms with Gasteiger partial charge in [0.1, 0.15) is 11.6 Å². The first kappa shape index (κ1) is 13.5. The summed E-state index contributed by atoms with van der Waals surface area (Å²) in [5, 5.41) is 2.66. The van der Waals surface area contributed by atoms with Crippen LogP contribution in [-0.2, 0) is 6.54 Å². The van der Waals surface area contributed by atoms with E-state index in [4.69, 9.17) is 5.73 Å². The van der Waals surface area contributed by atoms with Gasteiger partial charge in [0.2, 0.25) is 0 Å². The maximum Gasteiger partial charge on any atom is 0.255 e. The molecule has 2 rings (SSSR count). The number of carbonyl (C=O) groups excluding carboxylic acids is 1. The van der Waals surface area contributed by atoms with Crippen molar-refractivity contribution in [3.63, 3.8) is 0 Å². The van der Waals surface area contributed by atoms with Crippen LogP contribution in [0.1, 0.15) is 15.9 Å². The average Bonchev–Trinajstić information content (AvgIpc) is 2.39. The van der Waals surface area contributed by atoms with Crippen molar-refractivity contribution in [2.75, 3.05) is 5.73 Å². The van der Waals surface area contributed by atoms with Crippen LogP contribution < -0.4 is 11.1 Å². The molecular weight excluding hydrogens is 313 g/mol. The normalized spacial score (nSPS) is 10.2. The van der Waals surface area contributed by atoms with E-state index >= 15 is 0 Å². The average molecular weight is 324 g/mol. The highest BCUT2D eigenvalue weighted by Crippen LogP contribution is 2.15. The van der Waals surface area contributed by atoms with Crippen LogP contribution >= 0.6 is 15.9 Å². The molecule has 0 atom stereocenters. The van der Waals surface area contributed by atoms with Crippen LogP contribution in [0.25, 0.3) is 0 Å². The van der Waals surface area contributed by atoms with Gasteiger partial charge in [-0.2, -0.15) is 0 Å². The van der Waals surface area contributed by atoms with Crippen LogP contribution in [0, 0.1) is 5.82 Å². The third-order valence-electron chi connectivity index (χ3n) is 2.47. The molecule has 0 radical (unpaired) electrons. The van der Waals surface area contributed by atoms with Crippen molar-refractivity contribution >= 4 is 27.7 Å². The number of anilines is 1. The molecule has 19 heavy (non-hydrogen) atoms. The summed E-state index contributed by atoms with van der Waals surface area (Å²) in [5.41, 5.74) is 6.59. The van der Waals surface area contributed by atoms with E-state index < -0.39 is 0 Å². The van der Waals surface area contributed by atoms with E-state index in [1.807, 2.05) is 0 Å². The number of amides is 1. The number of nitrogens with two attached hydrogens (primary N) is 1. The molecule has 2 aromatic rings. The molecule has 1 amide bonds. The van der Waals surface area contributed by atoms with Gasteiger partial charge in [0.05, 0.1) is 5.56 Å². The second-order valence-electron chi connectivity index (χ2n) is 3.90. The second kappa shape index (κ2) is 5.79. The van der Waals surface area contributed by atoms with E-state index in [0.717, 1.165) is 0 Å². The number of pyridine rings is 1. The van der Waals surface area contributed by atoms with Crippen LogP contribution in [0.2, 0.25) is 0 Å². The van der Waals surface area contributed by atoms with E-state index in [2.05, 4.69) is 26.2 Å². The zero-order valence-electron chi connectivity index (χ0n) is 9.86. The van der Waals surface area contributed by atoms with Gasteiger partial charge in [0, 0.05) is 17.2 Å². The highest BCUT2D eigenvalue weighted by atomic mass is 79.9. The van der Waals surface area contributed by atoms with Gasteiger partial charge in [-0.05, 0) is 39.7 Å². The fraction of sp³-hybridized carbons (Fsp3) is 0.0769. The molecule has 1 heterocycles. The summed E-state index contributed by atoms with van der Waals surface area (Å²) in [6.07, 6.45) is 1.51. The molecule has 0 fully saturated rings.